The molecule has 0 unspecified atom stereocenters. The lowest BCUT2D eigenvalue weighted by Crippen LogP contribution is -2.23. The second kappa shape index (κ2) is 7.24. The van der Waals surface area contributed by atoms with Crippen LogP contribution in [0.4, 0.5) is 5.69 Å². The Morgan fingerprint density at radius 3 is 2.65 bits per heavy atom. The van der Waals surface area contributed by atoms with Gasteiger partial charge in [0.05, 0.1) is 12.2 Å². The van der Waals surface area contributed by atoms with E-state index in [1.807, 2.05) is 19.1 Å². The van der Waals surface area contributed by atoms with Crippen molar-refractivity contribution in [3.05, 3.63) is 63.6 Å². The Morgan fingerprint density at radius 1 is 1.26 bits per heavy atom. The minimum Gasteiger partial charge on any atom is -0.395 e. The van der Waals surface area contributed by atoms with E-state index in [0.29, 0.717) is 11.5 Å². The van der Waals surface area contributed by atoms with Crippen LogP contribution in [0.25, 0.3) is 0 Å². The molecular formula is C18H22N2O3. The van der Waals surface area contributed by atoms with Crippen molar-refractivity contribution < 1.29 is 9.90 Å². The van der Waals surface area contributed by atoms with Gasteiger partial charge in [-0.3, -0.25) is 9.59 Å². The number of anilines is 1. The highest BCUT2D eigenvalue weighted by Crippen LogP contribution is 2.22. The summed E-state index contributed by atoms with van der Waals surface area (Å²) in [6.07, 6.45) is 1.47. The molecule has 0 aliphatic carbocycles. The number of carbonyl (C=O) groups is 1. The molecule has 0 fully saturated rings. The first-order valence-corrected chi connectivity index (χ1v) is 7.65. The average Bonchev–Trinajstić information content (AvgIpc) is 2.51. The van der Waals surface area contributed by atoms with Crippen LogP contribution in [-0.4, -0.2) is 22.2 Å². The number of aliphatic hydroxyl groups is 1. The van der Waals surface area contributed by atoms with Gasteiger partial charge < -0.3 is 15.0 Å². The van der Waals surface area contributed by atoms with Crippen molar-refractivity contribution in [1.82, 2.24) is 4.57 Å². The van der Waals surface area contributed by atoms with Gasteiger partial charge in [0.1, 0.15) is 0 Å². The minimum atomic E-state index is -0.277. The van der Waals surface area contributed by atoms with Crippen molar-refractivity contribution in [3.8, 4) is 0 Å². The zero-order valence-corrected chi connectivity index (χ0v) is 13.7. The van der Waals surface area contributed by atoms with Crippen LogP contribution in [0.2, 0.25) is 0 Å². The van der Waals surface area contributed by atoms with Gasteiger partial charge in [-0.25, -0.2) is 0 Å². The normalized spacial score (nSPS) is 10.8. The van der Waals surface area contributed by atoms with Gasteiger partial charge in [-0.05, 0) is 36.1 Å². The Bertz CT molecular complexity index is 763. The van der Waals surface area contributed by atoms with Crippen molar-refractivity contribution in [2.75, 3.05) is 11.9 Å². The molecule has 1 heterocycles. The molecule has 5 heteroatoms. The van der Waals surface area contributed by atoms with Crippen molar-refractivity contribution >= 4 is 11.6 Å². The first-order chi connectivity index (χ1) is 10.9. The fourth-order valence-corrected chi connectivity index (χ4v) is 2.28. The van der Waals surface area contributed by atoms with Crippen molar-refractivity contribution in [2.45, 2.75) is 33.2 Å². The molecule has 0 aliphatic rings. The lowest BCUT2D eigenvalue weighted by molar-refractivity contribution is 0.102. The summed E-state index contributed by atoms with van der Waals surface area (Å²) >= 11 is 0. The van der Waals surface area contributed by atoms with E-state index < -0.39 is 0 Å². The molecule has 2 N–H and O–H groups in total. The third-order valence-corrected chi connectivity index (χ3v) is 3.76. The summed E-state index contributed by atoms with van der Waals surface area (Å²) in [5.41, 5.74) is 3.03. The highest BCUT2D eigenvalue weighted by atomic mass is 16.3. The fraction of sp³-hybridized carbons (Fsp3) is 0.333. The van der Waals surface area contributed by atoms with Gasteiger partial charge in [0.2, 0.25) is 0 Å². The summed E-state index contributed by atoms with van der Waals surface area (Å²) in [6.45, 7) is 6.15. The molecule has 2 rings (SSSR count). The summed E-state index contributed by atoms with van der Waals surface area (Å²) in [7, 11) is 0. The molecule has 0 atom stereocenters. The van der Waals surface area contributed by atoms with E-state index in [1.54, 1.807) is 0 Å². The number of pyridine rings is 1. The SMILES string of the molecule is Cc1ccc(C(C)C)cc1NC(=O)c1ccc(=O)n(CCO)c1. The molecule has 0 bridgehead atoms. The summed E-state index contributed by atoms with van der Waals surface area (Å²) in [6, 6.07) is 8.84. The number of nitrogens with one attached hydrogen (secondary N) is 1. The lowest BCUT2D eigenvalue weighted by atomic mass is 10.0. The highest BCUT2D eigenvalue weighted by molar-refractivity contribution is 6.04. The van der Waals surface area contributed by atoms with Crippen molar-refractivity contribution in [3.63, 3.8) is 0 Å². The molecule has 0 saturated heterocycles. The van der Waals surface area contributed by atoms with Gasteiger partial charge in [0.25, 0.3) is 11.5 Å². The number of nitrogens with zero attached hydrogens (tertiary/aromatic N) is 1. The van der Waals surface area contributed by atoms with E-state index in [9.17, 15) is 9.59 Å². The minimum absolute atomic E-state index is 0.152. The third kappa shape index (κ3) is 4.07. The van der Waals surface area contributed by atoms with Gasteiger partial charge >= 0.3 is 0 Å². The first kappa shape index (κ1) is 17.0. The van der Waals surface area contributed by atoms with Crippen LogP contribution in [0.15, 0.2) is 41.3 Å². The number of amides is 1. The maximum atomic E-state index is 12.4. The maximum Gasteiger partial charge on any atom is 0.257 e. The number of hydrogen-bond donors (Lipinski definition) is 2. The van der Waals surface area contributed by atoms with Crippen LogP contribution in [0.3, 0.4) is 0 Å². The van der Waals surface area contributed by atoms with Crippen LogP contribution in [-0.2, 0) is 6.54 Å². The zero-order valence-electron chi connectivity index (χ0n) is 13.7. The lowest BCUT2D eigenvalue weighted by Gasteiger charge is -2.13. The number of aliphatic hydroxyl groups excluding tert-OH is 1. The molecule has 2 aromatic rings. The highest BCUT2D eigenvalue weighted by Gasteiger charge is 2.11. The fourth-order valence-electron chi connectivity index (χ4n) is 2.28. The number of carbonyl (C=O) groups excluding carboxylic acids is 1. The molecule has 1 amide bonds. The van der Waals surface area contributed by atoms with E-state index in [0.717, 1.165) is 16.8 Å². The van der Waals surface area contributed by atoms with Crippen LogP contribution in [0.1, 0.15) is 41.3 Å². The van der Waals surface area contributed by atoms with E-state index in [2.05, 4.69) is 25.2 Å². The Kier molecular flexibility index (Phi) is 5.34. The average molecular weight is 314 g/mol. The maximum absolute atomic E-state index is 12.4. The molecule has 0 radical (unpaired) electrons. The standard InChI is InChI=1S/C18H22N2O3/c1-12(2)14-5-4-13(3)16(10-14)19-18(23)15-6-7-17(22)20(11-15)8-9-21/h4-7,10-12,21H,8-9H2,1-3H3,(H,19,23). The Morgan fingerprint density at radius 2 is 2.00 bits per heavy atom. The third-order valence-electron chi connectivity index (χ3n) is 3.76. The Hall–Kier alpha value is -2.40. The summed E-state index contributed by atoms with van der Waals surface area (Å²) < 4.78 is 1.33. The van der Waals surface area contributed by atoms with Crippen molar-refractivity contribution in [1.29, 1.82) is 0 Å². The molecule has 1 aromatic carbocycles. The number of benzene rings is 1. The molecule has 23 heavy (non-hydrogen) atoms. The molecule has 5 nitrogen and oxygen atoms in total. The van der Waals surface area contributed by atoms with E-state index in [1.165, 1.54) is 22.9 Å². The van der Waals surface area contributed by atoms with Crippen LogP contribution in [0.5, 0.6) is 0 Å². The number of rotatable bonds is 5. The van der Waals surface area contributed by atoms with Crippen LogP contribution in [0, 0.1) is 6.92 Å². The predicted molar refractivity (Wildman–Crippen MR) is 91.0 cm³/mol. The van der Waals surface area contributed by atoms with E-state index in [-0.39, 0.29) is 24.6 Å². The summed E-state index contributed by atoms with van der Waals surface area (Å²) in [5.74, 6) is 0.0957. The Labute approximate surface area is 135 Å². The van der Waals surface area contributed by atoms with Gasteiger partial charge in [0, 0.05) is 24.5 Å². The van der Waals surface area contributed by atoms with Crippen LogP contribution < -0.4 is 10.9 Å². The molecular weight excluding hydrogens is 292 g/mol. The quantitative estimate of drug-likeness (QED) is 0.891. The number of aryl methyl sites for hydroxylation is 1. The predicted octanol–water partition coefficient (Wildman–Crippen LogP) is 2.52. The summed E-state index contributed by atoms with van der Waals surface area (Å²) in [5, 5.41) is 11.9. The van der Waals surface area contributed by atoms with Crippen LogP contribution >= 0.6 is 0 Å². The van der Waals surface area contributed by atoms with Gasteiger partial charge in [0.15, 0.2) is 0 Å². The largest absolute Gasteiger partial charge is 0.395 e. The number of hydrogen-bond acceptors (Lipinski definition) is 3. The second-order valence-electron chi connectivity index (χ2n) is 5.86. The summed E-state index contributed by atoms with van der Waals surface area (Å²) in [4.78, 5) is 24.1. The van der Waals surface area contributed by atoms with E-state index >= 15 is 0 Å². The monoisotopic (exact) mass is 314 g/mol. The zero-order chi connectivity index (χ0) is 17.0. The van der Waals surface area contributed by atoms with Gasteiger partial charge in [-0.15, -0.1) is 0 Å². The van der Waals surface area contributed by atoms with E-state index in [4.69, 9.17) is 5.11 Å². The molecule has 122 valence electrons. The number of aromatic nitrogens is 1. The van der Waals surface area contributed by atoms with Gasteiger partial charge in [-0.2, -0.15) is 0 Å². The van der Waals surface area contributed by atoms with Crippen molar-refractivity contribution in [2.24, 2.45) is 0 Å². The smallest absolute Gasteiger partial charge is 0.257 e. The molecule has 0 saturated carbocycles. The Balaban J connectivity index is 2.27. The second-order valence-corrected chi connectivity index (χ2v) is 5.86. The molecule has 0 spiro atoms. The molecule has 1 aromatic heterocycles. The molecule has 0 aliphatic heterocycles. The first-order valence-electron chi connectivity index (χ1n) is 7.65. The topological polar surface area (TPSA) is 71.3 Å². The van der Waals surface area contributed by atoms with Gasteiger partial charge in [-0.1, -0.05) is 26.0 Å².